The molecule has 0 radical (unpaired) electrons. The molecule has 1 N–H and O–H groups in total. The van der Waals surface area contributed by atoms with Crippen LogP contribution >= 0.6 is 0 Å². The number of terminal acetylenes is 1. The van der Waals surface area contributed by atoms with Crippen LogP contribution < -0.4 is 5.32 Å². The molecule has 0 unspecified atom stereocenters. The summed E-state index contributed by atoms with van der Waals surface area (Å²) in [5, 5.41) is 2.61. The Morgan fingerprint density at radius 2 is 1.83 bits per heavy atom. The van der Waals surface area contributed by atoms with Crippen LogP contribution in [0.3, 0.4) is 0 Å². The first-order valence-corrected chi connectivity index (χ1v) is 3.56. The molecular weight excluding hydrogens is 167 g/mol. The second kappa shape index (κ2) is 3.81. The summed E-state index contributed by atoms with van der Waals surface area (Å²) in [4.78, 5) is 0. The van der Waals surface area contributed by atoms with Gasteiger partial charge in [0, 0.05) is 6.54 Å². The average molecular weight is 179 g/mol. The van der Waals surface area contributed by atoms with Crippen LogP contribution in [0.25, 0.3) is 0 Å². The third-order valence-corrected chi connectivity index (χ3v) is 1.34. The second-order valence-electron chi connectivity index (χ2n) is 3.06. The van der Waals surface area contributed by atoms with Crippen LogP contribution in [0.15, 0.2) is 0 Å². The van der Waals surface area contributed by atoms with Gasteiger partial charge in [-0.3, -0.25) is 0 Å². The lowest BCUT2D eigenvalue weighted by atomic mass is 10.1. The number of alkyl halides is 3. The zero-order chi connectivity index (χ0) is 9.83. The Hall–Kier alpha value is -0.690. The highest BCUT2D eigenvalue weighted by Gasteiger charge is 2.27. The number of halogens is 3. The minimum absolute atomic E-state index is 0.138. The molecule has 0 heterocycles. The van der Waals surface area contributed by atoms with Crippen LogP contribution in [0.5, 0.6) is 0 Å². The first-order valence-electron chi connectivity index (χ1n) is 3.56. The zero-order valence-corrected chi connectivity index (χ0v) is 7.13. The van der Waals surface area contributed by atoms with Gasteiger partial charge in [0.25, 0.3) is 0 Å². The van der Waals surface area contributed by atoms with Gasteiger partial charge in [-0.15, -0.1) is 6.42 Å². The van der Waals surface area contributed by atoms with Crippen molar-refractivity contribution in [2.24, 2.45) is 0 Å². The fourth-order valence-corrected chi connectivity index (χ4v) is 0.568. The molecule has 0 bridgehead atoms. The van der Waals surface area contributed by atoms with E-state index in [2.05, 4.69) is 11.2 Å². The lowest BCUT2D eigenvalue weighted by Gasteiger charge is -2.19. The Labute approximate surface area is 70.3 Å². The quantitative estimate of drug-likeness (QED) is 0.653. The minimum atomic E-state index is -4.11. The number of hydrogen-bond donors (Lipinski definition) is 1. The Morgan fingerprint density at radius 3 is 2.17 bits per heavy atom. The Morgan fingerprint density at radius 1 is 1.33 bits per heavy atom. The summed E-state index contributed by atoms with van der Waals surface area (Å²) >= 11 is 0. The Balaban J connectivity index is 3.66. The van der Waals surface area contributed by atoms with Crippen LogP contribution in [0.2, 0.25) is 0 Å². The van der Waals surface area contributed by atoms with Crippen LogP contribution in [0, 0.1) is 12.3 Å². The summed E-state index contributed by atoms with van der Waals surface area (Å²) in [5.41, 5.74) is -0.661. The fourth-order valence-electron chi connectivity index (χ4n) is 0.568. The van der Waals surface area contributed by atoms with E-state index in [4.69, 9.17) is 6.42 Å². The summed E-state index contributed by atoms with van der Waals surface area (Å²) in [6.45, 7) is 3.17. The molecule has 0 aromatic rings. The van der Waals surface area contributed by atoms with Crippen molar-refractivity contribution in [2.75, 3.05) is 6.54 Å². The van der Waals surface area contributed by atoms with Crippen molar-refractivity contribution in [3.05, 3.63) is 0 Å². The van der Waals surface area contributed by atoms with Crippen molar-refractivity contribution < 1.29 is 13.2 Å². The Kier molecular flexibility index (Phi) is 3.59. The molecule has 1 nitrogen and oxygen atoms in total. The highest BCUT2D eigenvalue weighted by molar-refractivity contribution is 5.07. The van der Waals surface area contributed by atoms with Crippen LogP contribution in [0.1, 0.15) is 20.3 Å². The highest BCUT2D eigenvalue weighted by atomic mass is 19.4. The normalized spacial score (nSPS) is 12.7. The van der Waals surface area contributed by atoms with E-state index >= 15 is 0 Å². The van der Waals surface area contributed by atoms with Crippen molar-refractivity contribution in [1.82, 2.24) is 5.32 Å². The van der Waals surface area contributed by atoms with Gasteiger partial charge in [0.15, 0.2) is 0 Å². The molecule has 0 aliphatic carbocycles. The monoisotopic (exact) mass is 179 g/mol. The molecule has 4 heteroatoms. The van der Waals surface area contributed by atoms with E-state index in [1.165, 1.54) is 0 Å². The van der Waals surface area contributed by atoms with Crippen molar-refractivity contribution in [1.29, 1.82) is 0 Å². The van der Waals surface area contributed by atoms with Crippen molar-refractivity contribution in [3.8, 4) is 12.3 Å². The third-order valence-electron chi connectivity index (χ3n) is 1.34. The molecule has 0 amide bonds. The lowest BCUT2D eigenvalue weighted by Crippen LogP contribution is -2.39. The largest absolute Gasteiger partial charge is 0.390 e. The molecule has 70 valence electrons. The maximum Gasteiger partial charge on any atom is 0.390 e. The number of hydrogen-bond acceptors (Lipinski definition) is 1. The predicted molar refractivity (Wildman–Crippen MR) is 41.6 cm³/mol. The molecule has 0 aliphatic rings. The van der Waals surface area contributed by atoms with Crippen molar-refractivity contribution in [3.63, 3.8) is 0 Å². The highest BCUT2D eigenvalue weighted by Crippen LogP contribution is 2.18. The molecular formula is C8H12F3N. The van der Waals surface area contributed by atoms with Gasteiger partial charge in [-0.25, -0.2) is 0 Å². The molecule has 0 aliphatic heterocycles. The van der Waals surface area contributed by atoms with E-state index in [1.54, 1.807) is 13.8 Å². The minimum Gasteiger partial charge on any atom is -0.301 e. The fraction of sp³-hybridized carbons (Fsp3) is 0.750. The summed E-state index contributed by atoms with van der Waals surface area (Å²) in [7, 11) is 0. The van der Waals surface area contributed by atoms with E-state index in [0.29, 0.717) is 0 Å². The predicted octanol–water partition coefficient (Wildman–Crippen LogP) is 1.94. The van der Waals surface area contributed by atoms with Gasteiger partial charge in [0.05, 0.1) is 12.0 Å². The van der Waals surface area contributed by atoms with Crippen LogP contribution in [-0.4, -0.2) is 18.3 Å². The van der Waals surface area contributed by atoms with Crippen LogP contribution in [0.4, 0.5) is 13.2 Å². The van der Waals surface area contributed by atoms with E-state index in [-0.39, 0.29) is 6.54 Å². The second-order valence-corrected chi connectivity index (χ2v) is 3.06. The van der Waals surface area contributed by atoms with Gasteiger partial charge in [-0.1, -0.05) is 5.92 Å². The number of nitrogens with one attached hydrogen (secondary N) is 1. The van der Waals surface area contributed by atoms with E-state index in [1.807, 2.05) is 0 Å². The first-order chi connectivity index (χ1) is 5.27. The maximum atomic E-state index is 11.6. The summed E-state index contributed by atoms with van der Waals surface area (Å²) < 4.78 is 34.9. The lowest BCUT2D eigenvalue weighted by molar-refractivity contribution is -0.133. The van der Waals surface area contributed by atoms with Gasteiger partial charge < -0.3 is 5.32 Å². The Bertz CT molecular complexity index is 176. The molecule has 0 aromatic carbocycles. The van der Waals surface area contributed by atoms with Gasteiger partial charge in [0.2, 0.25) is 0 Å². The van der Waals surface area contributed by atoms with Crippen molar-refractivity contribution in [2.45, 2.75) is 32.0 Å². The standard InChI is InChI=1S/C8H12F3N/c1-4-7(2,3)12-6-5-8(9,10)11/h1,12H,5-6H2,2-3H3. The number of rotatable bonds is 3. The van der Waals surface area contributed by atoms with Crippen molar-refractivity contribution >= 4 is 0 Å². The molecule has 0 rings (SSSR count). The molecule has 0 aromatic heterocycles. The summed E-state index contributed by atoms with van der Waals surface area (Å²) in [5.74, 6) is 2.35. The van der Waals surface area contributed by atoms with Gasteiger partial charge in [-0.05, 0) is 13.8 Å². The van der Waals surface area contributed by atoms with E-state index in [9.17, 15) is 13.2 Å². The van der Waals surface area contributed by atoms with Gasteiger partial charge >= 0.3 is 6.18 Å². The molecule has 0 atom stereocenters. The molecule has 0 spiro atoms. The summed E-state index contributed by atoms with van der Waals surface area (Å²) in [6.07, 6.45) is 0.0999. The third kappa shape index (κ3) is 6.05. The van der Waals surface area contributed by atoms with Gasteiger partial charge in [0.1, 0.15) is 0 Å². The SMILES string of the molecule is C#CC(C)(C)NCCC(F)(F)F. The average Bonchev–Trinajstić information content (AvgIpc) is 1.84. The first kappa shape index (κ1) is 11.3. The van der Waals surface area contributed by atoms with E-state index in [0.717, 1.165) is 0 Å². The smallest absolute Gasteiger partial charge is 0.301 e. The molecule has 0 saturated carbocycles. The van der Waals surface area contributed by atoms with Crippen LogP contribution in [-0.2, 0) is 0 Å². The summed E-state index contributed by atoms with van der Waals surface area (Å²) in [6, 6.07) is 0. The maximum absolute atomic E-state index is 11.6. The van der Waals surface area contributed by atoms with Gasteiger partial charge in [-0.2, -0.15) is 13.2 Å². The zero-order valence-electron chi connectivity index (χ0n) is 7.13. The topological polar surface area (TPSA) is 12.0 Å². The molecule has 0 fully saturated rings. The van der Waals surface area contributed by atoms with E-state index < -0.39 is 18.1 Å². The molecule has 0 saturated heterocycles. The molecule has 12 heavy (non-hydrogen) atoms.